The number of rotatable bonds is 3. The molecule has 0 spiro atoms. The largest absolute Gasteiger partial charge is 0.268 e. The van der Waals surface area contributed by atoms with Crippen LogP contribution < -0.4 is 5.56 Å². The van der Waals surface area contributed by atoms with E-state index in [1.165, 1.54) is 15.9 Å². The first-order valence-electron chi connectivity index (χ1n) is 7.34. The Balaban J connectivity index is 1.95. The summed E-state index contributed by atoms with van der Waals surface area (Å²) >= 11 is 1.30. The average molecular weight is 332 g/mol. The second-order valence-corrected chi connectivity index (χ2v) is 5.90. The Labute approximate surface area is 141 Å². The first-order chi connectivity index (χ1) is 11.8. The summed E-state index contributed by atoms with van der Waals surface area (Å²) in [5.41, 5.74) is 3.14. The molecule has 2 heterocycles. The van der Waals surface area contributed by atoms with Gasteiger partial charge < -0.3 is 0 Å². The molecule has 5 nitrogen and oxygen atoms in total. The maximum atomic E-state index is 12.9. The summed E-state index contributed by atoms with van der Waals surface area (Å²) in [7, 11) is 0. The van der Waals surface area contributed by atoms with Crippen LogP contribution in [0.25, 0.3) is 28.2 Å². The molecule has 0 fully saturated rings. The summed E-state index contributed by atoms with van der Waals surface area (Å²) in [5, 5.41) is 8.93. The van der Waals surface area contributed by atoms with Gasteiger partial charge in [0.25, 0.3) is 5.56 Å². The van der Waals surface area contributed by atoms with E-state index >= 15 is 0 Å². The first kappa shape index (κ1) is 14.5. The lowest BCUT2D eigenvalue weighted by molar-refractivity contribution is 0.898. The van der Waals surface area contributed by atoms with Gasteiger partial charge in [0, 0.05) is 0 Å². The van der Waals surface area contributed by atoms with Gasteiger partial charge in [0.1, 0.15) is 11.3 Å². The minimum Gasteiger partial charge on any atom is -0.268 e. The molecule has 6 heteroatoms. The monoisotopic (exact) mass is 332 g/mol. The quantitative estimate of drug-likeness (QED) is 0.577. The minimum atomic E-state index is -0.148. The number of para-hydroxylation sites is 1. The van der Waals surface area contributed by atoms with Crippen molar-refractivity contribution >= 4 is 34.4 Å². The molecule has 2 aromatic heterocycles. The van der Waals surface area contributed by atoms with E-state index in [1.807, 2.05) is 60.7 Å². The molecule has 0 aliphatic heterocycles. The lowest BCUT2D eigenvalue weighted by Gasteiger charge is -2.07. The first-order valence-corrected chi connectivity index (χ1v) is 8.22. The highest BCUT2D eigenvalue weighted by Gasteiger charge is 2.12. The van der Waals surface area contributed by atoms with Gasteiger partial charge in [-0.2, -0.15) is 0 Å². The Morgan fingerprint density at radius 1 is 0.958 bits per heavy atom. The van der Waals surface area contributed by atoms with Crippen LogP contribution in [0.1, 0.15) is 11.4 Å². The number of hydrogen-bond donors (Lipinski definition) is 0. The summed E-state index contributed by atoms with van der Waals surface area (Å²) in [6.07, 6.45) is 3.75. The van der Waals surface area contributed by atoms with E-state index in [0.717, 1.165) is 5.56 Å². The molecule has 0 aliphatic rings. The maximum Gasteiger partial charge on any atom is 0.268 e. The lowest BCUT2D eigenvalue weighted by atomic mass is 10.2. The number of hydrogen-bond acceptors (Lipinski definition) is 5. The van der Waals surface area contributed by atoms with Crippen molar-refractivity contribution in [1.29, 1.82) is 0 Å². The van der Waals surface area contributed by atoms with Crippen molar-refractivity contribution in [3.8, 4) is 5.13 Å². The fourth-order valence-corrected chi connectivity index (χ4v) is 3.01. The molecule has 2 aromatic carbocycles. The van der Waals surface area contributed by atoms with Crippen molar-refractivity contribution in [2.45, 2.75) is 0 Å². The Kier molecular flexibility index (Phi) is 3.72. The van der Waals surface area contributed by atoms with Crippen molar-refractivity contribution in [2.75, 3.05) is 0 Å². The zero-order chi connectivity index (χ0) is 16.4. The summed E-state index contributed by atoms with van der Waals surface area (Å²) in [4.78, 5) is 17.5. The molecule has 0 bridgehead atoms. The van der Waals surface area contributed by atoms with Crippen LogP contribution in [-0.4, -0.2) is 19.7 Å². The topological polar surface area (TPSA) is 60.7 Å². The molecule has 0 saturated carbocycles. The second kappa shape index (κ2) is 6.17. The van der Waals surface area contributed by atoms with Gasteiger partial charge in [0.2, 0.25) is 5.13 Å². The summed E-state index contributed by atoms with van der Waals surface area (Å²) in [6.45, 7) is 0. The highest BCUT2D eigenvalue weighted by atomic mass is 32.1. The van der Waals surface area contributed by atoms with Crippen molar-refractivity contribution in [2.24, 2.45) is 0 Å². The van der Waals surface area contributed by atoms with Crippen LogP contribution in [-0.2, 0) is 0 Å². The third-order valence-corrected chi connectivity index (χ3v) is 4.24. The molecule has 4 rings (SSSR count). The van der Waals surface area contributed by atoms with Crippen LogP contribution in [0.4, 0.5) is 0 Å². The van der Waals surface area contributed by atoms with Crippen molar-refractivity contribution in [3.05, 3.63) is 81.8 Å². The van der Waals surface area contributed by atoms with Crippen LogP contribution in [0.2, 0.25) is 0 Å². The Bertz CT molecular complexity index is 1070. The highest BCUT2D eigenvalue weighted by molar-refractivity contribution is 7.11. The normalized spacial score (nSPS) is 11.3. The molecule has 0 saturated heterocycles. The molecule has 0 N–H and O–H groups in total. The van der Waals surface area contributed by atoms with E-state index in [0.29, 0.717) is 21.9 Å². The fraction of sp³-hybridized carbons (Fsp3) is 0. The minimum absolute atomic E-state index is 0.148. The SMILES string of the molecule is O=c1c2ccccc2nc(C=Cc2ccccc2)n1-c1nncs1. The second-order valence-electron chi connectivity index (χ2n) is 5.09. The van der Waals surface area contributed by atoms with Crippen LogP contribution in [0.3, 0.4) is 0 Å². The maximum absolute atomic E-state index is 12.9. The van der Waals surface area contributed by atoms with Gasteiger partial charge in [-0.15, -0.1) is 10.2 Å². The van der Waals surface area contributed by atoms with Crippen LogP contribution in [0.5, 0.6) is 0 Å². The van der Waals surface area contributed by atoms with Crippen LogP contribution >= 0.6 is 11.3 Å². The van der Waals surface area contributed by atoms with Crippen molar-refractivity contribution < 1.29 is 0 Å². The summed E-state index contributed by atoms with van der Waals surface area (Å²) < 4.78 is 1.50. The fourth-order valence-electron chi connectivity index (χ4n) is 2.45. The third kappa shape index (κ3) is 2.63. The molecule has 4 aromatic rings. The van der Waals surface area contributed by atoms with Crippen LogP contribution in [0.15, 0.2) is 64.9 Å². The molecule has 24 heavy (non-hydrogen) atoms. The molecule has 116 valence electrons. The summed E-state index contributed by atoms with van der Waals surface area (Å²) in [5.74, 6) is 0.527. The van der Waals surface area contributed by atoms with E-state index in [4.69, 9.17) is 0 Å². The molecule has 0 atom stereocenters. The highest BCUT2D eigenvalue weighted by Crippen LogP contribution is 2.16. The van der Waals surface area contributed by atoms with Gasteiger partial charge in [0.15, 0.2) is 0 Å². The lowest BCUT2D eigenvalue weighted by Crippen LogP contribution is -2.22. The standard InChI is InChI=1S/C18H12N4OS/c23-17-14-8-4-5-9-15(14)20-16(22(17)18-21-19-12-24-18)11-10-13-6-2-1-3-7-13/h1-12H. The molecule has 0 aliphatic carbocycles. The van der Waals surface area contributed by atoms with Crippen molar-refractivity contribution in [3.63, 3.8) is 0 Å². The molecular weight excluding hydrogens is 320 g/mol. The van der Waals surface area contributed by atoms with E-state index in [9.17, 15) is 4.79 Å². The van der Waals surface area contributed by atoms with Gasteiger partial charge in [-0.1, -0.05) is 59.9 Å². The Hall–Kier alpha value is -3.12. The zero-order valence-electron chi connectivity index (χ0n) is 12.5. The number of benzene rings is 2. The average Bonchev–Trinajstić information content (AvgIpc) is 3.15. The predicted molar refractivity (Wildman–Crippen MR) is 96.2 cm³/mol. The molecule has 0 radical (unpaired) electrons. The smallest absolute Gasteiger partial charge is 0.268 e. The number of aromatic nitrogens is 4. The Morgan fingerprint density at radius 3 is 2.54 bits per heavy atom. The summed E-state index contributed by atoms with van der Waals surface area (Å²) in [6, 6.07) is 17.2. The molecular formula is C18H12N4OS. The number of nitrogens with zero attached hydrogens (tertiary/aromatic N) is 4. The van der Waals surface area contributed by atoms with Gasteiger partial charge in [0.05, 0.1) is 10.9 Å². The van der Waals surface area contributed by atoms with Gasteiger partial charge in [-0.3, -0.25) is 4.79 Å². The van der Waals surface area contributed by atoms with Crippen LogP contribution in [0, 0.1) is 0 Å². The van der Waals surface area contributed by atoms with E-state index in [2.05, 4.69) is 15.2 Å². The van der Waals surface area contributed by atoms with E-state index in [1.54, 1.807) is 11.6 Å². The van der Waals surface area contributed by atoms with Crippen molar-refractivity contribution in [1.82, 2.24) is 19.7 Å². The zero-order valence-corrected chi connectivity index (χ0v) is 13.4. The van der Waals surface area contributed by atoms with Gasteiger partial charge >= 0.3 is 0 Å². The van der Waals surface area contributed by atoms with E-state index < -0.39 is 0 Å². The van der Waals surface area contributed by atoms with E-state index in [-0.39, 0.29) is 5.56 Å². The number of fused-ring (bicyclic) bond motifs is 1. The third-order valence-electron chi connectivity index (χ3n) is 3.57. The Morgan fingerprint density at radius 2 is 1.75 bits per heavy atom. The van der Waals surface area contributed by atoms with Gasteiger partial charge in [-0.25, -0.2) is 9.55 Å². The van der Waals surface area contributed by atoms with Gasteiger partial charge in [-0.05, 0) is 23.8 Å². The molecule has 0 unspecified atom stereocenters. The predicted octanol–water partition coefficient (Wildman–Crippen LogP) is 3.41. The molecule has 0 amide bonds.